The number of thioether (sulfide) groups is 2. The maximum absolute atomic E-state index is 13.7. The van der Waals surface area contributed by atoms with Crippen LogP contribution in [0.3, 0.4) is 0 Å². The molecule has 1 saturated carbocycles. The van der Waals surface area contributed by atoms with Crippen LogP contribution < -0.4 is 4.90 Å². The molecule has 1 atom stereocenters. The van der Waals surface area contributed by atoms with Crippen molar-refractivity contribution in [2.24, 2.45) is 0 Å². The molecule has 0 radical (unpaired) electrons. The molecule has 34 heavy (non-hydrogen) atoms. The van der Waals surface area contributed by atoms with E-state index in [2.05, 4.69) is 37.9 Å². The van der Waals surface area contributed by atoms with Crippen LogP contribution in [0.15, 0.2) is 89.2 Å². The van der Waals surface area contributed by atoms with Crippen LogP contribution in [0.1, 0.15) is 30.5 Å². The van der Waals surface area contributed by atoms with E-state index in [-0.39, 0.29) is 11.9 Å². The van der Waals surface area contributed by atoms with E-state index < -0.39 is 0 Å². The van der Waals surface area contributed by atoms with Crippen LogP contribution in [0.5, 0.6) is 0 Å². The Kier molecular flexibility index (Phi) is 5.84. The van der Waals surface area contributed by atoms with Gasteiger partial charge < -0.3 is 4.90 Å². The van der Waals surface area contributed by atoms with Crippen molar-refractivity contribution in [1.29, 1.82) is 0 Å². The molecule has 3 heterocycles. The van der Waals surface area contributed by atoms with E-state index in [0.717, 1.165) is 51.3 Å². The van der Waals surface area contributed by atoms with Gasteiger partial charge in [0.25, 0.3) is 0 Å². The summed E-state index contributed by atoms with van der Waals surface area (Å²) in [5, 5.41) is 9.75. The highest BCUT2D eigenvalue weighted by molar-refractivity contribution is 8.00. The molecule has 0 spiro atoms. The Labute approximate surface area is 206 Å². The molecular formula is C26H23N5OS2. The van der Waals surface area contributed by atoms with Crippen molar-refractivity contribution in [3.8, 4) is 11.4 Å². The SMILES string of the molecule is O=C(CSc1nnc(-c2ccncc2)n1C1CC1)N1c2ccccc2SC[C@@H]1c1ccccc1. The summed E-state index contributed by atoms with van der Waals surface area (Å²) in [6, 6.07) is 22.8. The van der Waals surface area contributed by atoms with Crippen LogP contribution in [-0.2, 0) is 4.79 Å². The zero-order chi connectivity index (χ0) is 22.9. The molecular weight excluding hydrogens is 462 g/mol. The number of aromatic nitrogens is 4. The van der Waals surface area contributed by atoms with Crippen molar-refractivity contribution in [2.45, 2.75) is 35.0 Å². The van der Waals surface area contributed by atoms with Gasteiger partial charge in [-0.2, -0.15) is 0 Å². The van der Waals surface area contributed by atoms with E-state index >= 15 is 0 Å². The molecule has 0 unspecified atom stereocenters. The number of para-hydroxylation sites is 1. The molecule has 1 amide bonds. The molecule has 0 N–H and O–H groups in total. The minimum absolute atomic E-state index is 0.00267. The van der Waals surface area contributed by atoms with Gasteiger partial charge in [-0.05, 0) is 42.7 Å². The van der Waals surface area contributed by atoms with E-state index in [4.69, 9.17) is 0 Å². The summed E-state index contributed by atoms with van der Waals surface area (Å²) in [6.45, 7) is 0. The van der Waals surface area contributed by atoms with Gasteiger partial charge in [0.05, 0.1) is 17.5 Å². The Bertz CT molecular complexity index is 1310. The topological polar surface area (TPSA) is 63.9 Å². The van der Waals surface area contributed by atoms with Crippen molar-refractivity contribution in [3.63, 3.8) is 0 Å². The maximum Gasteiger partial charge on any atom is 0.238 e. The molecule has 0 saturated heterocycles. The summed E-state index contributed by atoms with van der Waals surface area (Å²) in [5.74, 6) is 2.08. The zero-order valence-electron chi connectivity index (χ0n) is 18.4. The van der Waals surface area contributed by atoms with E-state index in [1.54, 1.807) is 12.4 Å². The highest BCUT2D eigenvalue weighted by Crippen LogP contribution is 2.44. The summed E-state index contributed by atoms with van der Waals surface area (Å²) < 4.78 is 2.20. The number of benzene rings is 2. The minimum atomic E-state index is 0.00267. The third kappa shape index (κ3) is 4.12. The lowest BCUT2D eigenvalue weighted by atomic mass is 10.1. The first-order chi connectivity index (χ1) is 16.8. The molecule has 1 aliphatic carbocycles. The molecule has 8 heteroatoms. The molecule has 1 fully saturated rings. The van der Waals surface area contributed by atoms with E-state index in [0.29, 0.717) is 11.8 Å². The van der Waals surface area contributed by atoms with Crippen molar-refractivity contribution < 1.29 is 4.79 Å². The standard InChI is InChI=1S/C26H23N5OS2/c32-24(17-34-26-29-28-25(30(26)20-10-11-20)19-12-14-27-15-13-19)31-21-8-4-5-9-23(21)33-16-22(31)18-6-2-1-3-7-18/h1-9,12-15,20,22H,10-11,16-17H2/t22-/m1/s1. The molecule has 4 aromatic rings. The van der Waals surface area contributed by atoms with Crippen LogP contribution in [-0.4, -0.2) is 37.2 Å². The Balaban J connectivity index is 1.28. The normalized spacial score (nSPS) is 17.4. The summed E-state index contributed by atoms with van der Waals surface area (Å²) in [7, 11) is 0. The maximum atomic E-state index is 13.7. The van der Waals surface area contributed by atoms with Gasteiger partial charge in [-0.1, -0.05) is 54.2 Å². The van der Waals surface area contributed by atoms with Crippen molar-refractivity contribution in [2.75, 3.05) is 16.4 Å². The van der Waals surface area contributed by atoms with Gasteiger partial charge in [0.2, 0.25) is 5.91 Å². The first-order valence-corrected chi connectivity index (χ1v) is 13.3. The number of pyridine rings is 1. The summed E-state index contributed by atoms with van der Waals surface area (Å²) in [6.07, 6.45) is 5.77. The molecule has 6 nitrogen and oxygen atoms in total. The minimum Gasteiger partial charge on any atom is -0.302 e. The van der Waals surface area contributed by atoms with Crippen molar-refractivity contribution >= 4 is 35.1 Å². The van der Waals surface area contributed by atoms with Crippen LogP contribution in [0.4, 0.5) is 5.69 Å². The smallest absolute Gasteiger partial charge is 0.238 e. The summed E-state index contributed by atoms with van der Waals surface area (Å²) in [4.78, 5) is 21.0. The predicted molar refractivity (Wildman–Crippen MR) is 136 cm³/mol. The first-order valence-electron chi connectivity index (χ1n) is 11.4. The number of anilines is 1. The van der Waals surface area contributed by atoms with E-state index in [9.17, 15) is 4.79 Å². The predicted octanol–water partition coefficient (Wildman–Crippen LogP) is 5.65. The quantitative estimate of drug-likeness (QED) is 0.329. The average molecular weight is 486 g/mol. The fourth-order valence-electron chi connectivity index (χ4n) is 4.35. The molecule has 2 aromatic carbocycles. The number of carbonyl (C=O) groups is 1. The molecule has 2 aromatic heterocycles. The second kappa shape index (κ2) is 9.27. The lowest BCUT2D eigenvalue weighted by Gasteiger charge is -2.37. The van der Waals surface area contributed by atoms with Crippen LogP contribution >= 0.6 is 23.5 Å². The molecule has 1 aliphatic heterocycles. The Morgan fingerprint density at radius 3 is 2.53 bits per heavy atom. The van der Waals surface area contributed by atoms with Gasteiger partial charge in [-0.3, -0.25) is 14.3 Å². The number of hydrogen-bond acceptors (Lipinski definition) is 6. The van der Waals surface area contributed by atoms with Crippen LogP contribution in [0, 0.1) is 0 Å². The third-order valence-electron chi connectivity index (χ3n) is 6.13. The van der Waals surface area contributed by atoms with Gasteiger partial charge in [0.15, 0.2) is 11.0 Å². The number of rotatable bonds is 6. The summed E-state index contributed by atoms with van der Waals surface area (Å²) >= 11 is 3.29. The first kappa shape index (κ1) is 21.4. The van der Waals surface area contributed by atoms with Gasteiger partial charge in [0, 0.05) is 34.6 Å². The van der Waals surface area contributed by atoms with Crippen LogP contribution in [0.2, 0.25) is 0 Å². The van der Waals surface area contributed by atoms with Gasteiger partial charge in [-0.25, -0.2) is 0 Å². The largest absolute Gasteiger partial charge is 0.302 e. The molecule has 6 rings (SSSR count). The highest BCUT2D eigenvalue weighted by atomic mass is 32.2. The Hall–Kier alpha value is -3.10. The Morgan fingerprint density at radius 1 is 0.971 bits per heavy atom. The third-order valence-corrected chi connectivity index (χ3v) is 8.19. The number of carbonyl (C=O) groups excluding carboxylic acids is 1. The second-order valence-electron chi connectivity index (χ2n) is 8.40. The Morgan fingerprint density at radius 2 is 1.74 bits per heavy atom. The van der Waals surface area contributed by atoms with E-state index in [1.807, 2.05) is 65.2 Å². The molecule has 2 aliphatic rings. The molecule has 170 valence electrons. The monoisotopic (exact) mass is 485 g/mol. The lowest BCUT2D eigenvalue weighted by molar-refractivity contribution is -0.116. The number of nitrogens with zero attached hydrogens (tertiary/aromatic N) is 5. The summed E-state index contributed by atoms with van der Waals surface area (Å²) in [5.41, 5.74) is 3.14. The number of hydrogen-bond donors (Lipinski definition) is 0. The van der Waals surface area contributed by atoms with Crippen molar-refractivity contribution in [1.82, 2.24) is 19.7 Å². The van der Waals surface area contributed by atoms with Crippen molar-refractivity contribution in [3.05, 3.63) is 84.7 Å². The fraction of sp³-hybridized carbons (Fsp3) is 0.231. The van der Waals surface area contributed by atoms with Crippen LogP contribution in [0.25, 0.3) is 11.4 Å². The average Bonchev–Trinajstić information content (AvgIpc) is 3.66. The van der Waals surface area contributed by atoms with Gasteiger partial charge in [0.1, 0.15) is 0 Å². The lowest BCUT2D eigenvalue weighted by Crippen LogP contribution is -2.39. The second-order valence-corrected chi connectivity index (χ2v) is 10.4. The van der Waals surface area contributed by atoms with Gasteiger partial charge in [-0.15, -0.1) is 22.0 Å². The molecule has 0 bridgehead atoms. The highest BCUT2D eigenvalue weighted by Gasteiger charge is 2.34. The van der Waals surface area contributed by atoms with Gasteiger partial charge >= 0.3 is 0 Å². The number of fused-ring (bicyclic) bond motifs is 1. The fourth-order valence-corrected chi connectivity index (χ4v) is 6.38. The zero-order valence-corrected chi connectivity index (χ0v) is 20.1. The number of amides is 1. The van der Waals surface area contributed by atoms with E-state index in [1.165, 1.54) is 11.8 Å².